The fourth-order valence-electron chi connectivity index (χ4n) is 4.60. The number of anilines is 1. The maximum atomic E-state index is 12.1. The molecule has 0 radical (unpaired) electrons. The number of aromatic nitrogens is 1. The second-order valence-corrected chi connectivity index (χ2v) is 8.03. The summed E-state index contributed by atoms with van der Waals surface area (Å²) in [4.78, 5) is 17.1. The Hall–Kier alpha value is -2.31. The highest BCUT2D eigenvalue weighted by Gasteiger charge is 2.27. The third-order valence-electron chi connectivity index (χ3n) is 6.27. The maximum absolute atomic E-state index is 12.1. The summed E-state index contributed by atoms with van der Waals surface area (Å²) in [7, 11) is 3.69. The quantitative estimate of drug-likeness (QED) is 0.844. The SMILES string of the molecule is CNC(=O)c1ccc([C@@H]2CCCCN2Cc2ccc(N3CCOCC3)cc2)n1C. The van der Waals surface area contributed by atoms with Gasteiger partial charge in [0.2, 0.25) is 0 Å². The average Bonchev–Trinajstić information content (AvgIpc) is 3.16. The van der Waals surface area contributed by atoms with E-state index in [0.29, 0.717) is 6.04 Å². The van der Waals surface area contributed by atoms with E-state index >= 15 is 0 Å². The second kappa shape index (κ2) is 9.01. The molecule has 2 fully saturated rings. The molecule has 2 saturated heterocycles. The fourth-order valence-corrected chi connectivity index (χ4v) is 4.60. The lowest BCUT2D eigenvalue weighted by atomic mass is 9.98. The second-order valence-electron chi connectivity index (χ2n) is 8.03. The van der Waals surface area contributed by atoms with Gasteiger partial charge in [-0.25, -0.2) is 0 Å². The molecule has 2 aromatic rings. The van der Waals surface area contributed by atoms with Crippen LogP contribution in [0.1, 0.15) is 47.1 Å². The van der Waals surface area contributed by atoms with Gasteiger partial charge in [0.15, 0.2) is 0 Å². The molecule has 0 unspecified atom stereocenters. The molecule has 1 aromatic carbocycles. The van der Waals surface area contributed by atoms with Crippen LogP contribution in [0.5, 0.6) is 0 Å². The third kappa shape index (κ3) is 4.33. The lowest BCUT2D eigenvalue weighted by molar-refractivity contribution is 0.0952. The van der Waals surface area contributed by atoms with Crippen molar-refractivity contribution in [1.82, 2.24) is 14.8 Å². The Balaban J connectivity index is 1.48. The van der Waals surface area contributed by atoms with Crippen LogP contribution in [-0.4, -0.2) is 55.3 Å². The molecule has 0 spiro atoms. The predicted molar refractivity (Wildman–Crippen MR) is 115 cm³/mol. The summed E-state index contributed by atoms with van der Waals surface area (Å²) in [6, 6.07) is 13.4. The van der Waals surface area contributed by atoms with Gasteiger partial charge in [0.1, 0.15) is 5.69 Å². The zero-order chi connectivity index (χ0) is 20.2. The molecule has 1 N–H and O–H groups in total. The number of ether oxygens (including phenoxy) is 1. The minimum Gasteiger partial charge on any atom is -0.378 e. The van der Waals surface area contributed by atoms with Crippen LogP contribution in [0, 0.1) is 0 Å². The number of carbonyl (C=O) groups is 1. The van der Waals surface area contributed by atoms with Crippen LogP contribution in [-0.2, 0) is 18.3 Å². The highest BCUT2D eigenvalue weighted by Crippen LogP contribution is 2.33. The lowest BCUT2D eigenvalue weighted by Crippen LogP contribution is -2.36. The standard InChI is InChI=1S/C23H32N4O2/c1-24-23(28)22-11-10-20(25(22)2)21-5-3-4-12-27(21)17-18-6-8-19(9-7-18)26-13-15-29-16-14-26/h6-11,21H,3-5,12-17H2,1-2H3,(H,24,28)/t21-/m0/s1. The summed E-state index contributed by atoms with van der Waals surface area (Å²) < 4.78 is 7.52. The smallest absolute Gasteiger partial charge is 0.267 e. The van der Waals surface area contributed by atoms with E-state index in [4.69, 9.17) is 4.74 Å². The molecule has 4 rings (SSSR count). The third-order valence-corrected chi connectivity index (χ3v) is 6.27. The van der Waals surface area contributed by atoms with E-state index in [1.54, 1.807) is 7.05 Å². The average molecular weight is 397 g/mol. The summed E-state index contributed by atoms with van der Waals surface area (Å²) in [5, 5.41) is 2.74. The lowest BCUT2D eigenvalue weighted by Gasteiger charge is -2.36. The van der Waals surface area contributed by atoms with Crippen LogP contribution < -0.4 is 10.2 Å². The molecule has 1 aromatic heterocycles. The van der Waals surface area contributed by atoms with E-state index in [-0.39, 0.29) is 5.91 Å². The number of likely N-dealkylation sites (tertiary alicyclic amines) is 1. The number of piperidine rings is 1. The molecule has 6 heteroatoms. The Kier molecular flexibility index (Phi) is 6.21. The first-order valence-electron chi connectivity index (χ1n) is 10.7. The van der Waals surface area contributed by atoms with Crippen LogP contribution in [0.15, 0.2) is 36.4 Å². The summed E-state index contributed by atoms with van der Waals surface area (Å²) >= 11 is 0. The zero-order valence-corrected chi connectivity index (χ0v) is 17.6. The van der Waals surface area contributed by atoms with Gasteiger partial charge in [0.25, 0.3) is 5.91 Å². The van der Waals surface area contributed by atoms with Gasteiger partial charge in [-0.2, -0.15) is 0 Å². The minimum absolute atomic E-state index is 0.0280. The van der Waals surface area contributed by atoms with Crippen molar-refractivity contribution in [2.24, 2.45) is 7.05 Å². The molecule has 3 heterocycles. The van der Waals surface area contributed by atoms with Crippen LogP contribution in [0.25, 0.3) is 0 Å². The first-order chi connectivity index (χ1) is 14.2. The van der Waals surface area contributed by atoms with Gasteiger partial charge in [-0.15, -0.1) is 0 Å². The van der Waals surface area contributed by atoms with E-state index in [1.165, 1.54) is 29.8 Å². The summed E-state index contributed by atoms with van der Waals surface area (Å²) in [5.74, 6) is -0.0280. The number of carbonyl (C=O) groups excluding carboxylic acids is 1. The molecule has 2 aliphatic rings. The van der Waals surface area contributed by atoms with Crippen LogP contribution >= 0.6 is 0 Å². The topological polar surface area (TPSA) is 49.7 Å². The van der Waals surface area contributed by atoms with Gasteiger partial charge < -0.3 is 19.5 Å². The number of nitrogens with zero attached hydrogens (tertiary/aromatic N) is 3. The molecule has 1 amide bonds. The van der Waals surface area contributed by atoms with Crippen molar-refractivity contribution in [1.29, 1.82) is 0 Å². The minimum atomic E-state index is -0.0280. The number of amides is 1. The number of benzene rings is 1. The molecule has 2 aliphatic heterocycles. The van der Waals surface area contributed by atoms with Crippen molar-refractivity contribution >= 4 is 11.6 Å². The number of rotatable bonds is 5. The number of hydrogen-bond acceptors (Lipinski definition) is 4. The van der Waals surface area contributed by atoms with Crippen LogP contribution in [0.3, 0.4) is 0 Å². The van der Waals surface area contributed by atoms with E-state index in [2.05, 4.69) is 50.0 Å². The van der Waals surface area contributed by atoms with E-state index in [1.807, 2.05) is 13.1 Å². The van der Waals surface area contributed by atoms with E-state index < -0.39 is 0 Å². The monoisotopic (exact) mass is 396 g/mol. The van der Waals surface area contributed by atoms with Crippen LogP contribution in [0.2, 0.25) is 0 Å². The Morgan fingerprint density at radius 3 is 2.55 bits per heavy atom. The van der Waals surface area contributed by atoms with Gasteiger partial charge in [-0.05, 0) is 49.2 Å². The Morgan fingerprint density at radius 1 is 1.07 bits per heavy atom. The zero-order valence-electron chi connectivity index (χ0n) is 17.6. The van der Waals surface area contributed by atoms with Crippen molar-refractivity contribution in [3.05, 3.63) is 53.3 Å². The summed E-state index contributed by atoms with van der Waals surface area (Å²) in [6.45, 7) is 5.59. The maximum Gasteiger partial charge on any atom is 0.267 e. The molecule has 0 aliphatic carbocycles. The Bertz CT molecular complexity index is 824. The fraction of sp³-hybridized carbons (Fsp3) is 0.522. The van der Waals surface area contributed by atoms with E-state index in [9.17, 15) is 4.79 Å². The van der Waals surface area contributed by atoms with E-state index in [0.717, 1.165) is 51.5 Å². The van der Waals surface area contributed by atoms with Crippen molar-refractivity contribution in [2.75, 3.05) is 44.8 Å². The molecule has 6 nitrogen and oxygen atoms in total. The molecular weight excluding hydrogens is 364 g/mol. The van der Waals surface area contributed by atoms with Gasteiger partial charge in [-0.1, -0.05) is 18.6 Å². The Labute approximate surface area is 173 Å². The van der Waals surface area contributed by atoms with Crippen molar-refractivity contribution < 1.29 is 9.53 Å². The molecule has 156 valence electrons. The number of hydrogen-bond donors (Lipinski definition) is 1. The summed E-state index contributed by atoms with van der Waals surface area (Å²) in [5.41, 5.74) is 4.58. The molecule has 29 heavy (non-hydrogen) atoms. The molecule has 0 bridgehead atoms. The Morgan fingerprint density at radius 2 is 1.83 bits per heavy atom. The van der Waals surface area contributed by atoms with Crippen molar-refractivity contribution in [3.8, 4) is 0 Å². The predicted octanol–water partition coefficient (Wildman–Crippen LogP) is 2.95. The number of nitrogens with one attached hydrogen (secondary N) is 1. The molecule has 1 atom stereocenters. The first kappa shape index (κ1) is 20.0. The van der Waals surface area contributed by atoms with Crippen molar-refractivity contribution in [2.45, 2.75) is 31.8 Å². The normalized spacial score (nSPS) is 20.6. The van der Waals surface area contributed by atoms with Crippen molar-refractivity contribution in [3.63, 3.8) is 0 Å². The molecular formula is C23H32N4O2. The van der Waals surface area contributed by atoms with Gasteiger partial charge >= 0.3 is 0 Å². The number of morpholine rings is 1. The van der Waals surface area contributed by atoms with Gasteiger partial charge in [0, 0.05) is 45.1 Å². The van der Waals surface area contributed by atoms with Gasteiger partial charge in [0.05, 0.1) is 19.3 Å². The highest BCUT2D eigenvalue weighted by molar-refractivity contribution is 5.92. The first-order valence-corrected chi connectivity index (χ1v) is 10.7. The summed E-state index contributed by atoms with van der Waals surface area (Å²) in [6.07, 6.45) is 3.60. The van der Waals surface area contributed by atoms with Crippen LogP contribution in [0.4, 0.5) is 5.69 Å². The molecule has 0 saturated carbocycles. The largest absolute Gasteiger partial charge is 0.378 e. The van der Waals surface area contributed by atoms with Gasteiger partial charge in [-0.3, -0.25) is 9.69 Å². The highest BCUT2D eigenvalue weighted by atomic mass is 16.5.